The Bertz CT molecular complexity index is 577. The molecule has 5 nitrogen and oxygen atoms in total. The summed E-state index contributed by atoms with van der Waals surface area (Å²) >= 11 is 7.88. The van der Waals surface area contributed by atoms with Gasteiger partial charge in [0.15, 0.2) is 0 Å². The number of halogens is 1. The lowest BCUT2D eigenvalue weighted by Gasteiger charge is -2.23. The SMILES string of the molecule is CC1(C)CCN(C(=O)c2ccc([N+](=O)[O-])cc2Cl)CCS1. The van der Waals surface area contributed by atoms with Gasteiger partial charge >= 0.3 is 0 Å². The van der Waals surface area contributed by atoms with Gasteiger partial charge < -0.3 is 4.90 Å². The number of nitrogens with zero attached hydrogens (tertiary/aromatic N) is 2. The van der Waals surface area contributed by atoms with E-state index in [2.05, 4.69) is 13.8 Å². The Morgan fingerprint density at radius 3 is 2.76 bits per heavy atom. The molecule has 1 saturated heterocycles. The number of hydrogen-bond donors (Lipinski definition) is 0. The average Bonchev–Trinajstić information content (AvgIpc) is 2.58. The molecule has 7 heteroatoms. The van der Waals surface area contributed by atoms with Crippen LogP contribution in [0.4, 0.5) is 5.69 Å². The van der Waals surface area contributed by atoms with E-state index in [0.717, 1.165) is 12.2 Å². The number of carbonyl (C=O) groups excluding carboxylic acids is 1. The predicted molar refractivity (Wildman–Crippen MR) is 85.2 cm³/mol. The smallest absolute Gasteiger partial charge is 0.270 e. The molecule has 1 heterocycles. The lowest BCUT2D eigenvalue weighted by Crippen LogP contribution is -2.33. The summed E-state index contributed by atoms with van der Waals surface area (Å²) < 4.78 is 0.161. The number of carbonyl (C=O) groups is 1. The number of benzene rings is 1. The summed E-state index contributed by atoms with van der Waals surface area (Å²) in [5.41, 5.74) is 0.219. The van der Waals surface area contributed by atoms with Crippen LogP contribution in [0, 0.1) is 10.1 Å². The number of rotatable bonds is 2. The van der Waals surface area contributed by atoms with Gasteiger partial charge in [0.1, 0.15) is 0 Å². The van der Waals surface area contributed by atoms with Crippen molar-refractivity contribution in [3.8, 4) is 0 Å². The molecule has 1 aliphatic heterocycles. The van der Waals surface area contributed by atoms with Crippen molar-refractivity contribution in [2.75, 3.05) is 18.8 Å². The second-order valence-electron chi connectivity index (χ2n) is 5.57. The minimum absolute atomic E-state index is 0.107. The lowest BCUT2D eigenvalue weighted by atomic mass is 10.1. The van der Waals surface area contributed by atoms with Crippen LogP contribution in [0.5, 0.6) is 0 Å². The van der Waals surface area contributed by atoms with Gasteiger partial charge in [0.05, 0.1) is 15.5 Å². The Hall–Kier alpha value is -1.27. The van der Waals surface area contributed by atoms with Crippen molar-refractivity contribution < 1.29 is 9.72 Å². The Morgan fingerprint density at radius 2 is 2.14 bits per heavy atom. The first kappa shape index (κ1) is 16.1. The van der Waals surface area contributed by atoms with Gasteiger partial charge in [-0.05, 0) is 12.5 Å². The van der Waals surface area contributed by atoms with Crippen LogP contribution in [0.2, 0.25) is 5.02 Å². The molecule has 0 spiro atoms. The molecule has 0 aromatic heterocycles. The highest BCUT2D eigenvalue weighted by molar-refractivity contribution is 8.00. The molecule has 1 amide bonds. The van der Waals surface area contributed by atoms with E-state index in [1.165, 1.54) is 18.2 Å². The fourth-order valence-corrected chi connectivity index (χ4v) is 3.54. The van der Waals surface area contributed by atoms with E-state index in [9.17, 15) is 14.9 Å². The zero-order valence-electron chi connectivity index (χ0n) is 12.0. The third-order valence-corrected chi connectivity index (χ3v) is 5.20. The molecule has 0 radical (unpaired) electrons. The standard InChI is InChI=1S/C14H17ClN2O3S/c1-14(2)5-6-16(7-8-21-14)13(18)11-4-3-10(17(19)20)9-12(11)15/h3-4,9H,5-8H2,1-2H3. The van der Waals surface area contributed by atoms with Gasteiger partial charge in [-0.3, -0.25) is 14.9 Å². The second kappa shape index (κ2) is 6.23. The van der Waals surface area contributed by atoms with Crippen molar-refractivity contribution in [3.63, 3.8) is 0 Å². The van der Waals surface area contributed by atoms with Gasteiger partial charge in [0.25, 0.3) is 11.6 Å². The van der Waals surface area contributed by atoms with Crippen LogP contribution in [0.3, 0.4) is 0 Å². The fourth-order valence-electron chi connectivity index (χ4n) is 2.18. The zero-order valence-corrected chi connectivity index (χ0v) is 13.5. The average molecular weight is 329 g/mol. The highest BCUT2D eigenvalue weighted by Gasteiger charge is 2.27. The monoisotopic (exact) mass is 328 g/mol. The first-order chi connectivity index (χ1) is 9.80. The molecule has 114 valence electrons. The largest absolute Gasteiger partial charge is 0.338 e. The van der Waals surface area contributed by atoms with Gasteiger partial charge in [0, 0.05) is 35.7 Å². The van der Waals surface area contributed by atoms with Crippen molar-refractivity contribution in [3.05, 3.63) is 38.9 Å². The second-order valence-corrected chi connectivity index (χ2v) is 7.78. The maximum atomic E-state index is 12.5. The first-order valence-corrected chi connectivity index (χ1v) is 8.04. The molecule has 2 rings (SSSR count). The molecule has 0 bridgehead atoms. The van der Waals surface area contributed by atoms with E-state index >= 15 is 0 Å². The number of non-ortho nitro benzene ring substituents is 1. The topological polar surface area (TPSA) is 63.5 Å². The molecule has 1 aromatic rings. The summed E-state index contributed by atoms with van der Waals surface area (Å²) in [5, 5.41) is 10.8. The molecule has 0 unspecified atom stereocenters. The first-order valence-electron chi connectivity index (χ1n) is 6.67. The van der Waals surface area contributed by atoms with Crippen LogP contribution in [0.25, 0.3) is 0 Å². The van der Waals surface area contributed by atoms with Crippen LogP contribution in [-0.2, 0) is 0 Å². The molecule has 0 N–H and O–H groups in total. The summed E-state index contributed by atoms with van der Waals surface area (Å²) in [5.74, 6) is 0.719. The summed E-state index contributed by atoms with van der Waals surface area (Å²) in [7, 11) is 0. The fraction of sp³-hybridized carbons (Fsp3) is 0.500. The molecule has 0 atom stereocenters. The molecular formula is C14H17ClN2O3S. The van der Waals surface area contributed by atoms with Gasteiger partial charge in [-0.2, -0.15) is 11.8 Å². The highest BCUT2D eigenvalue weighted by atomic mass is 35.5. The molecule has 0 aliphatic carbocycles. The highest BCUT2D eigenvalue weighted by Crippen LogP contribution is 2.32. The van der Waals surface area contributed by atoms with Crippen molar-refractivity contribution in [1.82, 2.24) is 4.90 Å². The van der Waals surface area contributed by atoms with Crippen molar-refractivity contribution >= 4 is 35.0 Å². The van der Waals surface area contributed by atoms with Crippen LogP contribution >= 0.6 is 23.4 Å². The number of thioether (sulfide) groups is 1. The molecule has 21 heavy (non-hydrogen) atoms. The zero-order chi connectivity index (χ0) is 15.6. The normalized spacial score (nSPS) is 18.1. The number of amides is 1. The summed E-state index contributed by atoms with van der Waals surface area (Å²) in [6.45, 7) is 5.68. The summed E-state index contributed by atoms with van der Waals surface area (Å²) in [6.07, 6.45) is 0.911. The quantitative estimate of drug-likeness (QED) is 0.614. The Morgan fingerprint density at radius 1 is 1.43 bits per heavy atom. The maximum absolute atomic E-state index is 12.5. The van der Waals surface area contributed by atoms with Crippen LogP contribution in [0.15, 0.2) is 18.2 Å². The van der Waals surface area contributed by atoms with E-state index in [0.29, 0.717) is 18.7 Å². The summed E-state index contributed by atoms with van der Waals surface area (Å²) in [6, 6.07) is 3.98. The van der Waals surface area contributed by atoms with Crippen molar-refractivity contribution in [2.24, 2.45) is 0 Å². The van der Waals surface area contributed by atoms with Crippen LogP contribution in [-0.4, -0.2) is 39.3 Å². The molecule has 1 aromatic carbocycles. The van der Waals surface area contributed by atoms with Crippen molar-refractivity contribution in [2.45, 2.75) is 25.0 Å². The molecule has 1 aliphatic rings. The minimum Gasteiger partial charge on any atom is -0.338 e. The molecule has 0 saturated carbocycles. The minimum atomic E-state index is -0.523. The van der Waals surface area contributed by atoms with E-state index in [1.807, 2.05) is 11.8 Å². The van der Waals surface area contributed by atoms with Gasteiger partial charge in [0.2, 0.25) is 0 Å². The lowest BCUT2D eigenvalue weighted by molar-refractivity contribution is -0.384. The number of hydrogen-bond acceptors (Lipinski definition) is 4. The van der Waals surface area contributed by atoms with Gasteiger partial charge in [-0.25, -0.2) is 0 Å². The van der Waals surface area contributed by atoms with E-state index in [4.69, 9.17) is 11.6 Å². The van der Waals surface area contributed by atoms with Gasteiger partial charge in [-0.1, -0.05) is 25.4 Å². The van der Waals surface area contributed by atoms with Crippen LogP contribution in [0.1, 0.15) is 30.6 Å². The Labute approximate surface area is 132 Å². The third-order valence-electron chi connectivity index (χ3n) is 3.52. The molecule has 1 fully saturated rings. The number of nitro groups is 1. The number of nitro benzene ring substituents is 1. The Balaban J connectivity index is 2.18. The van der Waals surface area contributed by atoms with E-state index < -0.39 is 4.92 Å². The Kier molecular flexibility index (Phi) is 4.78. The third kappa shape index (κ3) is 3.89. The summed E-state index contributed by atoms with van der Waals surface area (Å²) in [4.78, 5) is 24.5. The maximum Gasteiger partial charge on any atom is 0.270 e. The van der Waals surface area contributed by atoms with Crippen LogP contribution < -0.4 is 0 Å². The van der Waals surface area contributed by atoms with E-state index in [-0.39, 0.29) is 21.4 Å². The van der Waals surface area contributed by atoms with Gasteiger partial charge in [-0.15, -0.1) is 0 Å². The molecular weight excluding hydrogens is 312 g/mol. The van der Waals surface area contributed by atoms with Crippen molar-refractivity contribution in [1.29, 1.82) is 0 Å². The van der Waals surface area contributed by atoms with E-state index in [1.54, 1.807) is 4.90 Å². The predicted octanol–water partition coefficient (Wildman–Crippen LogP) is 3.61.